The van der Waals surface area contributed by atoms with Crippen LogP contribution in [0.25, 0.3) is 0 Å². The largest absolute Gasteiger partial charge is 0.495 e. The minimum atomic E-state index is -0.163. The molecule has 5 heteroatoms. The first-order valence-electron chi connectivity index (χ1n) is 7.25. The number of ether oxygens (including phenoxy) is 1. The molecule has 1 aliphatic heterocycles. The molecule has 2 N–H and O–H groups in total. The molecule has 0 saturated carbocycles. The van der Waals surface area contributed by atoms with Gasteiger partial charge in [0.1, 0.15) is 11.8 Å². The topological polar surface area (TPSA) is 79.3 Å². The van der Waals surface area contributed by atoms with Crippen LogP contribution in [-0.2, 0) is 4.79 Å². The molecule has 0 aromatic heterocycles. The Labute approximate surface area is 125 Å². The van der Waals surface area contributed by atoms with Crippen LogP contribution in [0.15, 0.2) is 18.2 Å². The van der Waals surface area contributed by atoms with E-state index in [9.17, 15) is 10.1 Å². The van der Waals surface area contributed by atoms with Gasteiger partial charge in [-0.3, -0.25) is 4.79 Å². The molecule has 2 unspecified atom stereocenters. The number of carbonyl (C=O) groups excluding carboxylic acids is 1. The van der Waals surface area contributed by atoms with E-state index in [-0.39, 0.29) is 18.0 Å². The summed E-state index contributed by atoms with van der Waals surface area (Å²) < 4.78 is 5.17. The Morgan fingerprint density at radius 1 is 1.52 bits per heavy atom. The highest BCUT2D eigenvalue weighted by molar-refractivity contribution is 5.78. The molecule has 1 aromatic rings. The number of nitriles is 1. The van der Waals surface area contributed by atoms with E-state index in [4.69, 9.17) is 10.5 Å². The maximum atomic E-state index is 12.2. The lowest BCUT2D eigenvalue weighted by Gasteiger charge is -2.40. The van der Waals surface area contributed by atoms with Crippen molar-refractivity contribution in [1.29, 1.82) is 5.26 Å². The van der Waals surface area contributed by atoms with Crippen molar-refractivity contribution in [2.45, 2.75) is 38.3 Å². The molecule has 2 atom stereocenters. The average Bonchev–Trinajstić information content (AvgIpc) is 2.50. The number of hydrogen-bond donors (Lipinski definition) is 1. The van der Waals surface area contributed by atoms with Crippen molar-refractivity contribution < 1.29 is 9.53 Å². The molecule has 112 valence electrons. The summed E-state index contributed by atoms with van der Waals surface area (Å²) in [5.74, 6) is 0.678. The second-order valence-electron chi connectivity index (χ2n) is 5.31. The maximum absolute atomic E-state index is 12.2. The SMILES string of the molecule is CCCN1C(=O)CCC(N)C1c1ccc(OC)c(C#N)c1. The van der Waals surface area contributed by atoms with Crippen LogP contribution in [0, 0.1) is 11.3 Å². The van der Waals surface area contributed by atoms with Gasteiger partial charge in [0.05, 0.1) is 18.7 Å². The van der Waals surface area contributed by atoms with E-state index in [0.717, 1.165) is 12.0 Å². The molecule has 0 spiro atoms. The van der Waals surface area contributed by atoms with Crippen LogP contribution in [0.1, 0.15) is 43.4 Å². The Balaban J connectivity index is 2.41. The molecule has 1 aliphatic rings. The number of benzene rings is 1. The second kappa shape index (κ2) is 6.59. The molecule has 0 radical (unpaired) electrons. The zero-order valence-electron chi connectivity index (χ0n) is 12.5. The average molecular weight is 287 g/mol. The standard InChI is InChI=1S/C16H21N3O2/c1-3-8-19-15(20)7-5-13(18)16(19)11-4-6-14(21-2)12(9-11)10-17/h4,6,9,13,16H,3,5,7-8,18H2,1-2H3. The van der Waals surface area contributed by atoms with Gasteiger partial charge in [-0.15, -0.1) is 0 Å². The maximum Gasteiger partial charge on any atom is 0.223 e. The lowest BCUT2D eigenvalue weighted by atomic mass is 9.89. The van der Waals surface area contributed by atoms with Gasteiger partial charge in [0.15, 0.2) is 0 Å². The van der Waals surface area contributed by atoms with E-state index in [1.54, 1.807) is 12.1 Å². The van der Waals surface area contributed by atoms with E-state index in [1.807, 2.05) is 17.9 Å². The molecule has 1 aromatic carbocycles. The third kappa shape index (κ3) is 3.01. The number of piperidine rings is 1. The molecule has 0 aliphatic carbocycles. The van der Waals surface area contributed by atoms with Crippen LogP contribution in [0.2, 0.25) is 0 Å². The molecule has 2 rings (SSSR count). The van der Waals surface area contributed by atoms with Crippen LogP contribution in [0.3, 0.4) is 0 Å². The monoisotopic (exact) mass is 287 g/mol. The predicted molar refractivity (Wildman–Crippen MR) is 79.7 cm³/mol. The minimum absolute atomic E-state index is 0.103. The summed E-state index contributed by atoms with van der Waals surface area (Å²) >= 11 is 0. The van der Waals surface area contributed by atoms with Gasteiger partial charge in [-0.05, 0) is 30.5 Å². The first kappa shape index (κ1) is 15.3. The van der Waals surface area contributed by atoms with Crippen LogP contribution in [0.5, 0.6) is 5.75 Å². The molecular formula is C16H21N3O2. The van der Waals surface area contributed by atoms with E-state index >= 15 is 0 Å². The summed E-state index contributed by atoms with van der Waals surface area (Å²) in [6, 6.07) is 7.31. The Morgan fingerprint density at radius 3 is 2.90 bits per heavy atom. The van der Waals surface area contributed by atoms with Crippen LogP contribution < -0.4 is 10.5 Å². The molecule has 1 heterocycles. The Kier molecular flexibility index (Phi) is 4.81. The molecule has 0 bridgehead atoms. The number of likely N-dealkylation sites (tertiary alicyclic amines) is 1. The van der Waals surface area contributed by atoms with Gasteiger partial charge < -0.3 is 15.4 Å². The second-order valence-corrected chi connectivity index (χ2v) is 5.31. The number of methoxy groups -OCH3 is 1. The zero-order valence-corrected chi connectivity index (χ0v) is 12.5. The number of nitrogens with zero attached hydrogens (tertiary/aromatic N) is 2. The van der Waals surface area contributed by atoms with Gasteiger partial charge >= 0.3 is 0 Å². The summed E-state index contributed by atoms with van der Waals surface area (Å²) in [6.07, 6.45) is 2.06. The van der Waals surface area contributed by atoms with Crippen LogP contribution in [-0.4, -0.2) is 30.5 Å². The highest BCUT2D eigenvalue weighted by atomic mass is 16.5. The molecule has 21 heavy (non-hydrogen) atoms. The van der Waals surface area contributed by atoms with E-state index < -0.39 is 0 Å². The van der Waals surface area contributed by atoms with Crippen LogP contribution in [0.4, 0.5) is 0 Å². The van der Waals surface area contributed by atoms with Crippen molar-refractivity contribution in [3.05, 3.63) is 29.3 Å². The highest BCUT2D eigenvalue weighted by Crippen LogP contribution is 2.33. The van der Waals surface area contributed by atoms with E-state index in [1.165, 1.54) is 7.11 Å². The van der Waals surface area contributed by atoms with Crippen molar-refractivity contribution in [3.8, 4) is 11.8 Å². The number of nitrogens with two attached hydrogens (primary N) is 1. The minimum Gasteiger partial charge on any atom is -0.495 e. The van der Waals surface area contributed by atoms with E-state index in [0.29, 0.717) is 30.7 Å². The summed E-state index contributed by atoms with van der Waals surface area (Å²) in [4.78, 5) is 14.0. The zero-order chi connectivity index (χ0) is 15.4. The first-order chi connectivity index (χ1) is 10.1. The van der Waals surface area contributed by atoms with Crippen molar-refractivity contribution in [2.24, 2.45) is 5.73 Å². The van der Waals surface area contributed by atoms with Crippen LogP contribution >= 0.6 is 0 Å². The fraction of sp³-hybridized carbons (Fsp3) is 0.500. The van der Waals surface area contributed by atoms with Gasteiger partial charge in [0.2, 0.25) is 5.91 Å². The number of rotatable bonds is 4. The fourth-order valence-corrected chi connectivity index (χ4v) is 2.91. The Hall–Kier alpha value is -2.06. The number of amides is 1. The third-order valence-corrected chi connectivity index (χ3v) is 3.90. The highest BCUT2D eigenvalue weighted by Gasteiger charge is 2.34. The van der Waals surface area contributed by atoms with Crippen molar-refractivity contribution in [3.63, 3.8) is 0 Å². The molecule has 1 amide bonds. The number of carbonyl (C=O) groups is 1. The van der Waals surface area contributed by atoms with Gasteiger partial charge in [-0.1, -0.05) is 13.0 Å². The molecular weight excluding hydrogens is 266 g/mol. The van der Waals surface area contributed by atoms with Crippen molar-refractivity contribution >= 4 is 5.91 Å². The number of hydrogen-bond acceptors (Lipinski definition) is 4. The molecule has 1 saturated heterocycles. The third-order valence-electron chi connectivity index (χ3n) is 3.90. The Bertz CT molecular complexity index is 565. The van der Waals surface area contributed by atoms with E-state index in [2.05, 4.69) is 6.07 Å². The summed E-state index contributed by atoms with van der Waals surface area (Å²) in [5.41, 5.74) is 7.62. The lowest BCUT2D eigenvalue weighted by molar-refractivity contribution is -0.137. The molecule has 1 fully saturated rings. The lowest BCUT2D eigenvalue weighted by Crippen LogP contribution is -2.49. The fourth-order valence-electron chi connectivity index (χ4n) is 2.91. The van der Waals surface area contributed by atoms with Gasteiger partial charge in [0.25, 0.3) is 0 Å². The summed E-state index contributed by atoms with van der Waals surface area (Å²) in [7, 11) is 1.54. The summed E-state index contributed by atoms with van der Waals surface area (Å²) in [6.45, 7) is 2.73. The van der Waals surface area contributed by atoms with Gasteiger partial charge in [0, 0.05) is 19.0 Å². The molecule has 5 nitrogen and oxygen atoms in total. The Morgan fingerprint density at radius 2 is 2.29 bits per heavy atom. The normalized spacial score (nSPS) is 22.0. The van der Waals surface area contributed by atoms with Gasteiger partial charge in [-0.2, -0.15) is 5.26 Å². The smallest absolute Gasteiger partial charge is 0.223 e. The predicted octanol–water partition coefficient (Wildman–Crippen LogP) is 1.97. The van der Waals surface area contributed by atoms with Gasteiger partial charge in [-0.25, -0.2) is 0 Å². The van der Waals surface area contributed by atoms with Crippen molar-refractivity contribution in [2.75, 3.05) is 13.7 Å². The van der Waals surface area contributed by atoms with Crippen molar-refractivity contribution in [1.82, 2.24) is 4.90 Å². The summed E-state index contributed by atoms with van der Waals surface area (Å²) in [5, 5.41) is 9.22. The quantitative estimate of drug-likeness (QED) is 0.918. The first-order valence-corrected chi connectivity index (χ1v) is 7.25.